The van der Waals surface area contributed by atoms with Crippen molar-refractivity contribution in [3.05, 3.63) is 200 Å². The molecule has 280 valence electrons. The molecule has 12 aromatic rings. The van der Waals surface area contributed by atoms with Crippen molar-refractivity contribution in [1.82, 2.24) is 15.0 Å². The van der Waals surface area contributed by atoms with Gasteiger partial charge in [-0.15, -0.1) is 11.3 Å². The average Bonchev–Trinajstić information content (AvgIpc) is 3.91. The minimum atomic E-state index is 0.680. The second-order valence-electron chi connectivity index (χ2n) is 15.1. The number of thiophene rings is 1. The van der Waals surface area contributed by atoms with Crippen molar-refractivity contribution in [2.75, 3.05) is 0 Å². The molecule has 5 heteroatoms. The van der Waals surface area contributed by atoms with Gasteiger partial charge in [-0.2, -0.15) is 0 Å². The molecular weight excluding hydrogens is 751 g/mol. The zero-order chi connectivity index (χ0) is 39.6. The van der Waals surface area contributed by atoms with Gasteiger partial charge in [-0.05, 0) is 52.6 Å². The highest BCUT2D eigenvalue weighted by atomic mass is 32.1. The zero-order valence-electron chi connectivity index (χ0n) is 32.2. The molecule has 0 aliphatic carbocycles. The first-order chi connectivity index (χ1) is 29.7. The first-order valence-corrected chi connectivity index (χ1v) is 20.9. The van der Waals surface area contributed by atoms with Crippen molar-refractivity contribution in [1.29, 1.82) is 0 Å². The Morgan fingerprint density at radius 1 is 0.383 bits per heavy atom. The van der Waals surface area contributed by atoms with Crippen molar-refractivity contribution >= 4 is 64.4 Å². The smallest absolute Gasteiger partial charge is 0.160 e. The lowest BCUT2D eigenvalue weighted by Gasteiger charge is -2.11. The molecule has 0 saturated heterocycles. The van der Waals surface area contributed by atoms with Crippen LogP contribution in [0, 0.1) is 0 Å². The fraction of sp³-hybridized carbons (Fsp3) is 0. The number of pyridine rings is 1. The van der Waals surface area contributed by atoms with E-state index in [0.717, 1.165) is 83.3 Å². The number of hydrogen-bond acceptors (Lipinski definition) is 5. The summed E-state index contributed by atoms with van der Waals surface area (Å²) in [6.45, 7) is 0. The van der Waals surface area contributed by atoms with E-state index in [1.165, 1.54) is 31.3 Å². The Morgan fingerprint density at radius 3 is 1.77 bits per heavy atom. The molecule has 0 saturated carbocycles. The van der Waals surface area contributed by atoms with Gasteiger partial charge in [0.2, 0.25) is 0 Å². The normalized spacial score (nSPS) is 11.7. The largest absolute Gasteiger partial charge is 0.455 e. The highest BCUT2D eigenvalue weighted by molar-refractivity contribution is 7.26. The van der Waals surface area contributed by atoms with Gasteiger partial charge in [-0.3, -0.25) is 0 Å². The number of hydrogen-bond donors (Lipinski definition) is 0. The fourth-order valence-electron chi connectivity index (χ4n) is 8.54. The first-order valence-electron chi connectivity index (χ1n) is 20.1. The predicted octanol–water partition coefficient (Wildman–Crippen LogP) is 15.3. The quantitative estimate of drug-likeness (QED) is 0.169. The van der Waals surface area contributed by atoms with Crippen molar-refractivity contribution < 1.29 is 4.42 Å². The third kappa shape index (κ3) is 5.78. The van der Waals surface area contributed by atoms with Gasteiger partial charge in [0, 0.05) is 53.2 Å². The number of aromatic nitrogens is 3. The number of furan rings is 1. The molecule has 12 rings (SSSR count). The summed E-state index contributed by atoms with van der Waals surface area (Å²) < 4.78 is 9.19. The number of fused-ring (bicyclic) bond motifs is 8. The number of rotatable bonds is 6. The van der Waals surface area contributed by atoms with Crippen LogP contribution in [-0.2, 0) is 0 Å². The maximum atomic E-state index is 6.58. The second kappa shape index (κ2) is 14.0. The summed E-state index contributed by atoms with van der Waals surface area (Å²) in [4.78, 5) is 15.7. The molecule has 0 fully saturated rings. The van der Waals surface area contributed by atoms with Crippen LogP contribution in [0.2, 0.25) is 0 Å². The Bertz CT molecular complexity index is 3570. The Kier molecular flexibility index (Phi) is 8.00. The van der Waals surface area contributed by atoms with Crippen LogP contribution < -0.4 is 0 Å². The van der Waals surface area contributed by atoms with Crippen LogP contribution in [0.3, 0.4) is 0 Å². The van der Waals surface area contributed by atoms with E-state index in [4.69, 9.17) is 19.4 Å². The average molecular weight is 784 g/mol. The van der Waals surface area contributed by atoms with E-state index in [9.17, 15) is 0 Å². The van der Waals surface area contributed by atoms with Gasteiger partial charge in [0.1, 0.15) is 11.2 Å². The molecule has 60 heavy (non-hydrogen) atoms. The van der Waals surface area contributed by atoms with Gasteiger partial charge in [0.05, 0.1) is 28.0 Å². The molecule has 0 aliphatic rings. The van der Waals surface area contributed by atoms with E-state index in [2.05, 4.69) is 176 Å². The van der Waals surface area contributed by atoms with Crippen LogP contribution in [0.4, 0.5) is 0 Å². The topological polar surface area (TPSA) is 51.8 Å². The van der Waals surface area contributed by atoms with Gasteiger partial charge in [-0.1, -0.05) is 170 Å². The third-order valence-electron chi connectivity index (χ3n) is 11.5. The summed E-state index contributed by atoms with van der Waals surface area (Å²) in [5, 5.41) is 5.65. The highest BCUT2D eigenvalue weighted by Gasteiger charge is 2.19. The lowest BCUT2D eigenvalue weighted by molar-refractivity contribution is 0.672. The summed E-state index contributed by atoms with van der Waals surface area (Å²) in [7, 11) is 0. The van der Waals surface area contributed by atoms with E-state index in [0.29, 0.717) is 5.82 Å². The summed E-state index contributed by atoms with van der Waals surface area (Å²) in [5.74, 6) is 0.680. The van der Waals surface area contributed by atoms with Crippen LogP contribution >= 0.6 is 11.3 Å². The molecule has 0 bridgehead atoms. The maximum absolute atomic E-state index is 6.58. The summed E-state index contributed by atoms with van der Waals surface area (Å²) in [5.41, 5.74) is 13.9. The number of benzene rings is 8. The van der Waals surface area contributed by atoms with Crippen LogP contribution in [-0.4, -0.2) is 15.0 Å². The molecular formula is C55H33N3OS. The lowest BCUT2D eigenvalue weighted by atomic mass is 9.98. The minimum absolute atomic E-state index is 0.680. The van der Waals surface area contributed by atoms with Gasteiger partial charge < -0.3 is 4.42 Å². The molecule has 0 atom stereocenters. The summed E-state index contributed by atoms with van der Waals surface area (Å²) in [6.07, 6.45) is 0. The van der Waals surface area contributed by atoms with E-state index in [1.54, 1.807) is 0 Å². The van der Waals surface area contributed by atoms with Gasteiger partial charge in [0.15, 0.2) is 5.82 Å². The molecule has 0 N–H and O–H groups in total. The zero-order valence-corrected chi connectivity index (χ0v) is 33.0. The van der Waals surface area contributed by atoms with Crippen molar-refractivity contribution in [3.8, 4) is 67.4 Å². The first kappa shape index (κ1) is 34.3. The minimum Gasteiger partial charge on any atom is -0.455 e. The molecule has 4 aromatic heterocycles. The van der Waals surface area contributed by atoms with Crippen molar-refractivity contribution in [3.63, 3.8) is 0 Å². The predicted molar refractivity (Wildman–Crippen MR) is 250 cm³/mol. The van der Waals surface area contributed by atoms with Crippen molar-refractivity contribution in [2.24, 2.45) is 0 Å². The maximum Gasteiger partial charge on any atom is 0.160 e. The van der Waals surface area contributed by atoms with Crippen LogP contribution in [0.5, 0.6) is 0 Å². The molecule has 0 aliphatic heterocycles. The van der Waals surface area contributed by atoms with Gasteiger partial charge in [0.25, 0.3) is 0 Å². The summed E-state index contributed by atoms with van der Waals surface area (Å²) >= 11 is 1.85. The molecule has 0 spiro atoms. The Morgan fingerprint density at radius 2 is 0.983 bits per heavy atom. The highest BCUT2D eigenvalue weighted by Crippen LogP contribution is 2.42. The van der Waals surface area contributed by atoms with Gasteiger partial charge in [-0.25, -0.2) is 15.0 Å². The van der Waals surface area contributed by atoms with Crippen LogP contribution in [0.15, 0.2) is 205 Å². The molecule has 0 unspecified atom stereocenters. The van der Waals surface area contributed by atoms with E-state index >= 15 is 0 Å². The van der Waals surface area contributed by atoms with E-state index < -0.39 is 0 Å². The summed E-state index contributed by atoms with van der Waals surface area (Å²) in [6, 6.07) is 70.1. The van der Waals surface area contributed by atoms with Crippen LogP contribution in [0.25, 0.3) is 120 Å². The monoisotopic (exact) mass is 783 g/mol. The SMILES string of the molecule is c1ccc(-c2ccc3c(c2)nc(-c2ccc(-c4cc(-c5ccccc5)nc(-c5ccc(-c6cccc7c6sc6ccccc67)cc5)n4)cc2)c2c4ccccc4oc32)cc1. The fourth-order valence-corrected chi connectivity index (χ4v) is 9.77. The Labute approximate surface area is 349 Å². The molecule has 4 nitrogen and oxygen atoms in total. The lowest BCUT2D eigenvalue weighted by Crippen LogP contribution is -1.96. The molecule has 4 heterocycles. The van der Waals surface area contributed by atoms with Gasteiger partial charge >= 0.3 is 0 Å². The van der Waals surface area contributed by atoms with Crippen LogP contribution in [0.1, 0.15) is 0 Å². The Hall–Kier alpha value is -7.73. The molecule has 0 radical (unpaired) electrons. The third-order valence-corrected chi connectivity index (χ3v) is 12.7. The molecule has 8 aromatic carbocycles. The standard InChI is InChI=1S/C55H33N3OS/c1-3-12-34(13-4-1)40-30-31-44-48(32-40)56-52(51-45-17-7-9-20-49(45)59-53(44)51)38-26-24-37(25-27-38)47-33-46(36-14-5-2-6-15-36)57-55(58-47)39-28-22-35(23-29-39)41-18-11-19-43-42-16-8-10-21-50(42)60-54(41)43/h1-33H. The molecule has 0 amide bonds. The Balaban J connectivity index is 0.957. The number of nitrogens with zero attached hydrogens (tertiary/aromatic N) is 3. The second-order valence-corrected chi connectivity index (χ2v) is 16.2. The number of para-hydroxylation sites is 1. The van der Waals surface area contributed by atoms with Crippen molar-refractivity contribution in [2.45, 2.75) is 0 Å². The van der Waals surface area contributed by atoms with E-state index in [1.807, 2.05) is 35.6 Å². The van der Waals surface area contributed by atoms with E-state index in [-0.39, 0.29) is 0 Å².